The largest absolute Gasteiger partial charge is 0.466 e. The molecule has 0 radical (unpaired) electrons. The summed E-state index contributed by atoms with van der Waals surface area (Å²) >= 11 is 0. The van der Waals surface area contributed by atoms with Crippen molar-refractivity contribution in [1.82, 2.24) is 0 Å². The van der Waals surface area contributed by atoms with Gasteiger partial charge in [-0.2, -0.15) is 0 Å². The van der Waals surface area contributed by atoms with Gasteiger partial charge in [0.2, 0.25) is 0 Å². The zero-order valence-corrected chi connectivity index (χ0v) is 16.2. The average molecular weight is 388 g/mol. The van der Waals surface area contributed by atoms with Gasteiger partial charge in [0, 0.05) is 23.5 Å². The first-order valence-electron chi connectivity index (χ1n) is 9.26. The number of hydrogen-bond acceptors (Lipinski definition) is 5. The number of rotatable bonds is 4. The van der Waals surface area contributed by atoms with E-state index >= 15 is 0 Å². The maximum atomic E-state index is 12.7. The van der Waals surface area contributed by atoms with Gasteiger partial charge >= 0.3 is 11.9 Å². The lowest BCUT2D eigenvalue weighted by atomic mass is 9.77. The second-order valence-electron chi connectivity index (χ2n) is 6.75. The monoisotopic (exact) mass is 388 g/mol. The van der Waals surface area contributed by atoms with Gasteiger partial charge in [0.25, 0.3) is 0 Å². The van der Waals surface area contributed by atoms with Crippen LogP contribution in [0, 0.1) is 0 Å². The topological polar surface area (TPSA) is 65.7 Å². The first-order valence-corrected chi connectivity index (χ1v) is 9.26. The highest BCUT2D eigenvalue weighted by Crippen LogP contribution is 2.44. The number of furan rings is 1. The van der Waals surface area contributed by atoms with Crippen LogP contribution < -0.4 is 0 Å². The van der Waals surface area contributed by atoms with Crippen molar-refractivity contribution in [3.63, 3.8) is 0 Å². The minimum Gasteiger partial charge on any atom is -0.466 e. The molecule has 0 saturated heterocycles. The van der Waals surface area contributed by atoms with Crippen LogP contribution in [-0.2, 0) is 25.5 Å². The number of esters is 2. The maximum absolute atomic E-state index is 12.7. The van der Waals surface area contributed by atoms with E-state index in [2.05, 4.69) is 0 Å². The number of benzene rings is 2. The third-order valence-corrected chi connectivity index (χ3v) is 5.13. The van der Waals surface area contributed by atoms with Crippen molar-refractivity contribution < 1.29 is 23.5 Å². The molecule has 1 aliphatic rings. The third kappa shape index (κ3) is 3.36. The van der Waals surface area contributed by atoms with E-state index in [1.807, 2.05) is 66.7 Å². The molecule has 0 N–H and O–H groups in total. The van der Waals surface area contributed by atoms with Crippen molar-refractivity contribution in [3.05, 3.63) is 94.8 Å². The van der Waals surface area contributed by atoms with Crippen LogP contribution in [0.15, 0.2) is 82.3 Å². The van der Waals surface area contributed by atoms with Crippen LogP contribution in [0.1, 0.15) is 22.8 Å². The van der Waals surface area contributed by atoms with Crippen molar-refractivity contribution in [2.75, 3.05) is 14.2 Å². The molecule has 1 aromatic heterocycles. The fourth-order valence-electron chi connectivity index (χ4n) is 3.80. The highest BCUT2D eigenvalue weighted by molar-refractivity contribution is 6.03. The SMILES string of the molecule is COC(=O)C1=C(C(=O)OC)C(c2ccccc2)c2cc(-c3ccccc3)oc2C1. The molecule has 0 spiro atoms. The number of hydrogen-bond donors (Lipinski definition) is 0. The number of fused-ring (bicyclic) bond motifs is 1. The lowest BCUT2D eigenvalue weighted by Gasteiger charge is -2.26. The summed E-state index contributed by atoms with van der Waals surface area (Å²) in [4.78, 5) is 25.3. The molecular weight excluding hydrogens is 368 g/mol. The molecule has 0 bridgehead atoms. The fourth-order valence-corrected chi connectivity index (χ4v) is 3.80. The zero-order chi connectivity index (χ0) is 20.4. The number of ether oxygens (including phenoxy) is 2. The molecule has 0 fully saturated rings. The molecule has 1 heterocycles. The summed E-state index contributed by atoms with van der Waals surface area (Å²) in [5, 5.41) is 0. The Balaban J connectivity index is 1.94. The predicted octanol–water partition coefficient (Wildman–Crippen LogP) is 4.28. The van der Waals surface area contributed by atoms with Gasteiger partial charge < -0.3 is 13.9 Å². The van der Waals surface area contributed by atoms with Gasteiger partial charge in [0.15, 0.2) is 0 Å². The van der Waals surface area contributed by atoms with E-state index < -0.39 is 17.9 Å². The standard InChI is InChI=1S/C24H20O5/c1-27-23(25)18-14-20-17(13-19(29-20)15-9-5-3-6-10-15)21(22(18)24(26)28-2)16-11-7-4-8-12-16/h3-13,21H,14H2,1-2H3. The summed E-state index contributed by atoms with van der Waals surface area (Å²) in [6.45, 7) is 0. The Kier molecular flexibility index (Phi) is 5.04. The highest BCUT2D eigenvalue weighted by Gasteiger charge is 2.39. The smallest absolute Gasteiger partial charge is 0.335 e. The number of carbonyl (C=O) groups excluding carboxylic acids is 2. The summed E-state index contributed by atoms with van der Waals surface area (Å²) in [7, 11) is 2.61. The van der Waals surface area contributed by atoms with E-state index in [4.69, 9.17) is 13.9 Å². The van der Waals surface area contributed by atoms with Crippen molar-refractivity contribution in [1.29, 1.82) is 0 Å². The Bertz CT molecular complexity index is 1080. The molecule has 29 heavy (non-hydrogen) atoms. The fraction of sp³-hybridized carbons (Fsp3) is 0.167. The van der Waals surface area contributed by atoms with Crippen LogP contribution in [0.2, 0.25) is 0 Å². The number of carbonyl (C=O) groups is 2. The van der Waals surface area contributed by atoms with Crippen molar-refractivity contribution in [2.24, 2.45) is 0 Å². The zero-order valence-electron chi connectivity index (χ0n) is 16.2. The van der Waals surface area contributed by atoms with Crippen LogP contribution in [0.5, 0.6) is 0 Å². The quantitative estimate of drug-likeness (QED) is 0.624. The van der Waals surface area contributed by atoms with E-state index in [1.165, 1.54) is 14.2 Å². The summed E-state index contributed by atoms with van der Waals surface area (Å²) in [6.07, 6.45) is 0.169. The molecule has 0 amide bonds. The van der Waals surface area contributed by atoms with Crippen molar-refractivity contribution in [3.8, 4) is 11.3 Å². The van der Waals surface area contributed by atoms with Crippen LogP contribution in [0.25, 0.3) is 11.3 Å². The number of methoxy groups -OCH3 is 2. The Morgan fingerprint density at radius 1 is 0.897 bits per heavy atom. The van der Waals surface area contributed by atoms with Crippen LogP contribution in [-0.4, -0.2) is 26.2 Å². The predicted molar refractivity (Wildman–Crippen MR) is 107 cm³/mol. The molecule has 0 aliphatic heterocycles. The second kappa shape index (κ2) is 7.80. The van der Waals surface area contributed by atoms with E-state index in [1.54, 1.807) is 0 Å². The van der Waals surface area contributed by atoms with Gasteiger partial charge in [0.1, 0.15) is 11.5 Å². The molecule has 3 aromatic rings. The Labute approximate surface area is 168 Å². The van der Waals surface area contributed by atoms with Crippen LogP contribution in [0.4, 0.5) is 0 Å². The molecule has 1 unspecified atom stereocenters. The van der Waals surface area contributed by atoms with Crippen LogP contribution >= 0.6 is 0 Å². The minimum atomic E-state index is -0.561. The third-order valence-electron chi connectivity index (χ3n) is 5.13. The lowest BCUT2D eigenvalue weighted by Crippen LogP contribution is -2.25. The van der Waals surface area contributed by atoms with E-state index in [0.29, 0.717) is 17.1 Å². The van der Waals surface area contributed by atoms with Crippen molar-refractivity contribution in [2.45, 2.75) is 12.3 Å². The second-order valence-corrected chi connectivity index (χ2v) is 6.75. The Hall–Kier alpha value is -3.60. The first-order chi connectivity index (χ1) is 14.1. The molecule has 1 atom stereocenters. The Morgan fingerprint density at radius 3 is 2.14 bits per heavy atom. The average Bonchev–Trinajstić information content (AvgIpc) is 3.21. The van der Waals surface area contributed by atoms with Gasteiger partial charge in [-0.3, -0.25) is 0 Å². The van der Waals surface area contributed by atoms with E-state index in [0.717, 1.165) is 16.7 Å². The lowest BCUT2D eigenvalue weighted by molar-refractivity contribution is -0.139. The van der Waals surface area contributed by atoms with E-state index in [9.17, 15) is 9.59 Å². The van der Waals surface area contributed by atoms with Gasteiger partial charge in [-0.25, -0.2) is 9.59 Å². The molecule has 0 saturated carbocycles. The molecule has 5 heteroatoms. The Morgan fingerprint density at radius 2 is 1.52 bits per heavy atom. The van der Waals surface area contributed by atoms with Gasteiger partial charge in [-0.05, 0) is 11.6 Å². The van der Waals surface area contributed by atoms with Crippen molar-refractivity contribution >= 4 is 11.9 Å². The maximum Gasteiger partial charge on any atom is 0.335 e. The minimum absolute atomic E-state index is 0.169. The summed E-state index contributed by atoms with van der Waals surface area (Å²) in [5.74, 6) is -0.262. The summed E-state index contributed by atoms with van der Waals surface area (Å²) in [6, 6.07) is 21.2. The van der Waals surface area contributed by atoms with Gasteiger partial charge in [-0.15, -0.1) is 0 Å². The van der Waals surface area contributed by atoms with Gasteiger partial charge in [-0.1, -0.05) is 60.7 Å². The molecular formula is C24H20O5. The molecule has 2 aromatic carbocycles. The summed E-state index contributed by atoms with van der Waals surface area (Å²) < 4.78 is 16.1. The van der Waals surface area contributed by atoms with Crippen LogP contribution in [0.3, 0.4) is 0 Å². The highest BCUT2D eigenvalue weighted by atomic mass is 16.5. The molecule has 146 valence electrons. The molecule has 1 aliphatic carbocycles. The van der Waals surface area contributed by atoms with E-state index in [-0.39, 0.29) is 12.0 Å². The first kappa shape index (κ1) is 18.7. The summed E-state index contributed by atoms with van der Waals surface area (Å²) in [5.41, 5.74) is 3.19. The normalized spacial score (nSPS) is 15.6. The molecule has 4 rings (SSSR count). The molecule has 5 nitrogen and oxygen atoms in total. The van der Waals surface area contributed by atoms with Gasteiger partial charge in [0.05, 0.1) is 25.4 Å².